The van der Waals surface area contributed by atoms with Crippen molar-refractivity contribution in [2.75, 3.05) is 6.67 Å². The molecule has 8 aromatic heterocycles. The highest BCUT2D eigenvalue weighted by Gasteiger charge is 2.21. The van der Waals surface area contributed by atoms with Gasteiger partial charge in [0.05, 0.1) is 109 Å². The molecule has 680 valence electrons. The van der Waals surface area contributed by atoms with Crippen molar-refractivity contribution < 1.29 is 4.42 Å². The second kappa shape index (κ2) is 42.6. The fourth-order valence-electron chi connectivity index (χ4n) is 16.9. The first-order valence-corrected chi connectivity index (χ1v) is 45.7. The zero-order chi connectivity index (χ0) is 95.7. The molecule has 138 heavy (non-hydrogen) atoms. The van der Waals surface area contributed by atoms with Crippen LogP contribution in [0, 0.1) is 34.6 Å². The Kier molecular flexibility index (Phi) is 28.5. The first-order valence-electron chi connectivity index (χ1n) is 45.7. The number of pyridine rings is 1. The minimum Gasteiger partial charge on any atom is -0.467 e. The van der Waals surface area contributed by atoms with Gasteiger partial charge in [-0.25, -0.2) is 29.9 Å². The first-order chi connectivity index (χ1) is 67.3. The topological polar surface area (TPSA) is 260 Å². The Morgan fingerprint density at radius 1 is 0.304 bits per heavy atom. The third-order valence-corrected chi connectivity index (χ3v) is 23.5. The van der Waals surface area contributed by atoms with Crippen molar-refractivity contribution in [2.24, 2.45) is 9.98 Å². The fraction of sp³-hybridized carbons (Fsp3) is 0.129. The van der Waals surface area contributed by atoms with Gasteiger partial charge in [0.15, 0.2) is 0 Å². The highest BCUT2D eigenvalue weighted by molar-refractivity contribution is 5.84. The molecule has 9 heterocycles. The van der Waals surface area contributed by atoms with Crippen molar-refractivity contribution in [2.45, 2.75) is 94.2 Å². The van der Waals surface area contributed by atoms with Crippen molar-refractivity contribution in [3.63, 3.8) is 0 Å². The molecule has 0 atom stereocenters. The summed E-state index contributed by atoms with van der Waals surface area (Å²) in [4.78, 5) is 118. The summed E-state index contributed by atoms with van der Waals surface area (Å²) in [6.07, 6.45) is 6.01. The lowest BCUT2D eigenvalue weighted by atomic mass is 10.1. The van der Waals surface area contributed by atoms with Crippen LogP contribution >= 0.6 is 0 Å². The summed E-state index contributed by atoms with van der Waals surface area (Å²) in [6, 6.07) is 111. The van der Waals surface area contributed by atoms with E-state index in [4.69, 9.17) is 4.42 Å². The molecule has 0 N–H and O–H groups in total. The number of fused-ring (bicyclic) bond motifs is 7. The number of benzene rings is 13. The van der Waals surface area contributed by atoms with Crippen LogP contribution in [-0.2, 0) is 39.3 Å². The maximum Gasteiger partial charge on any atom is 0.278 e. The molecule has 13 aromatic carbocycles. The summed E-state index contributed by atoms with van der Waals surface area (Å²) >= 11 is 0. The molecule has 21 aromatic rings. The van der Waals surface area contributed by atoms with Crippen molar-refractivity contribution in [3.05, 3.63) is 489 Å². The maximum absolute atomic E-state index is 13.3. The molecule has 0 spiro atoms. The number of hydrogen-bond donors (Lipinski definition) is 0. The van der Waals surface area contributed by atoms with Gasteiger partial charge in [-0.15, -0.1) is 6.58 Å². The molecule has 0 radical (unpaired) electrons. The Bertz CT molecular complexity index is 8640. The van der Waals surface area contributed by atoms with Gasteiger partial charge in [-0.05, 0) is 193 Å². The van der Waals surface area contributed by atoms with E-state index >= 15 is 0 Å². The summed E-state index contributed by atoms with van der Waals surface area (Å²) in [5.41, 5.74) is 25.0. The van der Waals surface area contributed by atoms with E-state index in [2.05, 4.69) is 58.4 Å². The average molecular weight is 1820 g/mol. The summed E-state index contributed by atoms with van der Waals surface area (Å²) in [7, 11) is 0. The molecule has 22 nitrogen and oxygen atoms in total. The number of para-hydroxylation sites is 12. The highest BCUT2D eigenvalue weighted by Crippen LogP contribution is 2.28. The van der Waals surface area contributed by atoms with Gasteiger partial charge in [0.25, 0.3) is 33.4 Å². The highest BCUT2D eigenvalue weighted by atomic mass is 16.3. The molecule has 0 saturated carbocycles. The van der Waals surface area contributed by atoms with Gasteiger partial charge in [-0.3, -0.25) is 52.9 Å². The Morgan fingerprint density at radius 3 is 1.01 bits per heavy atom. The number of allylic oxidation sites excluding steroid dienone is 1. The Labute approximate surface area is 795 Å². The van der Waals surface area contributed by atoms with E-state index in [1.807, 2.05) is 392 Å². The molecule has 22 rings (SSSR count). The van der Waals surface area contributed by atoms with Gasteiger partial charge >= 0.3 is 0 Å². The number of rotatable bonds is 17. The summed E-state index contributed by atoms with van der Waals surface area (Å²) in [5.74, 6) is 0.739. The molecule has 1 aliphatic rings. The SMILES string of the molecule is C=CCn1c(=O)c(-c2cccc(C)c2)nc2ccccc21.CCCn1c(=O)c(-c2cccc(C)c2)nc2ccccc21.CCn1c(=O)c(-c2cccc(C)c2)nc2ccccc21.Cc1cccc(-c2nc3ccccc3n(Cc3ccccn3)c2=O)c1.Cc1cccc(-c2nc3ccccc3n(Cc3ccco3)c2=O)c1.O=c1c(-c2ccc3c(c2)=NCN=3)nc2ccccc2n1Cc1ccccc1. The van der Waals surface area contributed by atoms with Crippen molar-refractivity contribution in [1.29, 1.82) is 0 Å². The molecule has 0 saturated heterocycles. The second-order valence-electron chi connectivity index (χ2n) is 33.5. The third kappa shape index (κ3) is 20.8. The largest absolute Gasteiger partial charge is 0.467 e. The van der Waals surface area contributed by atoms with Crippen molar-refractivity contribution in [1.82, 2.24) is 62.3 Å². The second-order valence-corrected chi connectivity index (χ2v) is 33.5. The molecule has 1 aliphatic heterocycles. The van der Waals surface area contributed by atoms with E-state index in [-0.39, 0.29) is 33.4 Å². The van der Waals surface area contributed by atoms with E-state index < -0.39 is 0 Å². The smallest absolute Gasteiger partial charge is 0.278 e. The molecule has 0 aliphatic carbocycles. The molecule has 0 unspecified atom stereocenters. The number of aromatic nitrogens is 13. The average Bonchev–Trinajstić information content (AvgIpc) is 1.44. The van der Waals surface area contributed by atoms with Crippen LogP contribution in [0.3, 0.4) is 0 Å². The van der Waals surface area contributed by atoms with Gasteiger partial charge in [-0.1, -0.05) is 247 Å². The molecule has 0 fully saturated rings. The van der Waals surface area contributed by atoms with Crippen LogP contribution in [0.1, 0.15) is 65.1 Å². The van der Waals surface area contributed by atoms with Crippen LogP contribution in [0.25, 0.3) is 134 Å². The zero-order valence-corrected chi connectivity index (χ0v) is 77.6. The van der Waals surface area contributed by atoms with E-state index in [0.29, 0.717) is 80.1 Å². The Hall–Kier alpha value is -17.5. The number of furan rings is 1. The lowest BCUT2D eigenvalue weighted by molar-refractivity contribution is 0.493. The lowest BCUT2D eigenvalue weighted by Crippen LogP contribution is -2.26. The van der Waals surface area contributed by atoms with Crippen molar-refractivity contribution in [3.8, 4) is 67.5 Å². The van der Waals surface area contributed by atoms with E-state index in [1.165, 1.54) is 0 Å². The standard InChI is InChI=1S/C22H16N4O.C21H17N3O.C20H16N2O2.C18H18N2O.C18H16N2O.C17H16N2O/c27-22-21(16-10-11-17-19(12-16)24-14-23-17)25-18-8-4-5-9-20(18)26(22)13-15-6-2-1-3-7-15;1-15-7-6-8-16(13-15)20-21(25)24(14-17-9-4-5-12-22-17)19-11-3-2-10-18(19)23-20;1-14-6-4-7-15(12-14)19-20(23)22(13-16-8-5-11-24-16)18-10-3-2-9-17(18)21-19;2*1-3-11-20-16-10-5-4-9-15(16)19-17(18(20)21)14-8-6-7-13(2)12-14;1-3-19-15-10-5-4-9-14(15)18-16(17(19)20)13-8-6-7-12(2)11-13/h1-12H,13-14H2;2-13H,14H2,1H3;2-12H,13H2,1H3;4-10,12H,3,11H2,1-2H3;3-10,12H,1,11H2,2H3;4-11H,3H2,1-2H3. The van der Waals surface area contributed by atoms with Gasteiger partial charge in [0.1, 0.15) is 46.6 Å². The van der Waals surface area contributed by atoms with E-state index in [0.717, 1.165) is 162 Å². The first kappa shape index (κ1) is 92.3. The molecule has 0 bridgehead atoms. The Balaban J connectivity index is 0.000000115. The van der Waals surface area contributed by atoms with Crippen LogP contribution in [0.2, 0.25) is 0 Å². The minimum absolute atomic E-state index is 0.0128. The predicted octanol–water partition coefficient (Wildman–Crippen LogP) is 20.9. The molecule has 22 heteroatoms. The Morgan fingerprint density at radius 2 is 0.638 bits per heavy atom. The van der Waals surface area contributed by atoms with Crippen LogP contribution < -0.4 is 44.1 Å². The lowest BCUT2D eigenvalue weighted by Gasteiger charge is -2.12. The fourth-order valence-corrected chi connectivity index (χ4v) is 16.9. The van der Waals surface area contributed by atoms with Gasteiger partial charge in [-0.2, -0.15) is 0 Å². The quantitative estimate of drug-likeness (QED) is 0.0768. The van der Waals surface area contributed by atoms with E-state index in [9.17, 15) is 28.8 Å². The molecule has 0 amide bonds. The van der Waals surface area contributed by atoms with Gasteiger partial charge < -0.3 is 22.7 Å². The normalized spacial score (nSPS) is 11.2. The third-order valence-electron chi connectivity index (χ3n) is 23.5. The van der Waals surface area contributed by atoms with Gasteiger partial charge in [0, 0.05) is 59.2 Å². The molecular weight excluding hydrogens is 1720 g/mol. The predicted molar refractivity (Wildman–Crippen MR) is 552 cm³/mol. The van der Waals surface area contributed by atoms with Crippen LogP contribution in [0.15, 0.2) is 414 Å². The van der Waals surface area contributed by atoms with Crippen LogP contribution in [0.4, 0.5) is 0 Å². The monoisotopic (exact) mass is 1810 g/mol. The zero-order valence-electron chi connectivity index (χ0n) is 77.6. The molecular formula is C116H99N15O7. The summed E-state index contributed by atoms with van der Waals surface area (Å²) < 4.78 is 16.0. The van der Waals surface area contributed by atoms with Crippen molar-refractivity contribution >= 4 is 66.2 Å². The maximum atomic E-state index is 13.3. The summed E-state index contributed by atoms with van der Waals surface area (Å²) in [5, 5.41) is 1.68. The van der Waals surface area contributed by atoms with Crippen LogP contribution in [0.5, 0.6) is 0 Å². The van der Waals surface area contributed by atoms with Crippen LogP contribution in [-0.4, -0.2) is 69.0 Å². The minimum atomic E-state index is -0.115. The number of nitrogens with zero attached hydrogens (tertiary/aromatic N) is 15. The number of aryl methyl sites for hydroxylation is 7. The van der Waals surface area contributed by atoms with E-state index in [1.54, 1.807) is 41.4 Å². The number of hydrogen-bond acceptors (Lipinski definition) is 16. The van der Waals surface area contributed by atoms with Gasteiger partial charge in [0.2, 0.25) is 0 Å². The summed E-state index contributed by atoms with van der Waals surface area (Å²) in [6.45, 7) is 21.4.